The molecule has 1 atom stereocenters. The number of nitrogens with two attached hydrogens (primary N) is 1. The van der Waals surface area contributed by atoms with E-state index in [1.54, 1.807) is 0 Å². The van der Waals surface area contributed by atoms with Gasteiger partial charge in [0.1, 0.15) is 5.75 Å². The van der Waals surface area contributed by atoms with Crippen LogP contribution in [0.3, 0.4) is 0 Å². The average molecular weight is 408 g/mol. The van der Waals surface area contributed by atoms with Gasteiger partial charge in [0.05, 0.1) is 8.95 Å². The minimum Gasteiger partial charge on any atom is -0.478 e. The van der Waals surface area contributed by atoms with E-state index in [0.717, 1.165) is 34.0 Å². The van der Waals surface area contributed by atoms with E-state index < -0.39 is 12.0 Å². The lowest BCUT2D eigenvalue weighted by atomic mass is 10.2. The number of hydrogen-bond acceptors (Lipinski definition) is 3. The summed E-state index contributed by atoms with van der Waals surface area (Å²) in [5, 5.41) is 3.34. The van der Waals surface area contributed by atoms with Crippen LogP contribution >= 0.6 is 31.9 Å². The zero-order valence-electron chi connectivity index (χ0n) is 11.7. The molecule has 0 fully saturated rings. The Morgan fingerprint density at radius 3 is 2.40 bits per heavy atom. The first-order valence-electron chi connectivity index (χ1n) is 6.64. The Morgan fingerprint density at radius 1 is 1.35 bits per heavy atom. The predicted molar refractivity (Wildman–Crippen MR) is 87.7 cm³/mol. The van der Waals surface area contributed by atoms with Crippen LogP contribution in [0.2, 0.25) is 0 Å². The van der Waals surface area contributed by atoms with Gasteiger partial charge in [-0.15, -0.1) is 0 Å². The highest BCUT2D eigenvalue weighted by Gasteiger charge is 2.18. The van der Waals surface area contributed by atoms with Gasteiger partial charge in [-0.3, -0.25) is 4.79 Å². The van der Waals surface area contributed by atoms with E-state index in [2.05, 4.69) is 44.1 Å². The molecule has 112 valence electrons. The Morgan fingerprint density at radius 2 is 1.95 bits per heavy atom. The molecule has 0 aliphatic heterocycles. The third-order valence-corrected chi connectivity index (χ3v) is 3.94. The number of halogens is 2. The number of nitrogens with one attached hydrogen (secondary N) is 1. The van der Waals surface area contributed by atoms with Crippen LogP contribution in [-0.2, 0) is 11.3 Å². The molecule has 1 amide bonds. The van der Waals surface area contributed by atoms with Crippen LogP contribution in [0.1, 0.15) is 32.3 Å². The second kappa shape index (κ2) is 8.64. The minimum absolute atomic E-state index is 0.458. The molecule has 0 heterocycles. The number of carbonyl (C=O) groups is 1. The zero-order chi connectivity index (χ0) is 15.1. The molecule has 0 aliphatic carbocycles. The number of benzene rings is 1. The number of carbonyl (C=O) groups excluding carboxylic acids is 1. The largest absolute Gasteiger partial charge is 0.478 e. The molecule has 1 aromatic carbocycles. The summed E-state index contributed by atoms with van der Waals surface area (Å²) in [6.07, 6.45) is 1.01. The van der Waals surface area contributed by atoms with Crippen molar-refractivity contribution in [1.82, 2.24) is 5.32 Å². The Hall–Kier alpha value is -0.590. The van der Waals surface area contributed by atoms with Crippen molar-refractivity contribution in [2.75, 3.05) is 6.54 Å². The maximum absolute atomic E-state index is 11.3. The van der Waals surface area contributed by atoms with E-state index in [1.165, 1.54) is 0 Å². The molecule has 1 rings (SSSR count). The van der Waals surface area contributed by atoms with Crippen molar-refractivity contribution in [3.05, 3.63) is 26.6 Å². The van der Waals surface area contributed by atoms with E-state index in [4.69, 9.17) is 10.5 Å². The van der Waals surface area contributed by atoms with Crippen molar-refractivity contribution in [1.29, 1.82) is 0 Å². The van der Waals surface area contributed by atoms with Crippen molar-refractivity contribution >= 4 is 37.8 Å². The minimum atomic E-state index is -0.619. The molecule has 3 N–H and O–H groups in total. The normalized spacial score (nSPS) is 12.2. The summed E-state index contributed by atoms with van der Waals surface area (Å²) in [6.45, 7) is 5.76. The molecule has 6 heteroatoms. The summed E-state index contributed by atoms with van der Waals surface area (Å²) in [6, 6.07) is 3.97. The van der Waals surface area contributed by atoms with Crippen molar-refractivity contribution in [3.8, 4) is 5.75 Å². The molecular formula is C14H20Br2N2O2. The molecule has 0 spiro atoms. The van der Waals surface area contributed by atoms with E-state index in [0.29, 0.717) is 12.2 Å². The van der Waals surface area contributed by atoms with Crippen LogP contribution in [0.5, 0.6) is 5.75 Å². The molecule has 0 aliphatic rings. The summed E-state index contributed by atoms with van der Waals surface area (Å²) in [5.74, 6) is 0.148. The maximum atomic E-state index is 11.3. The zero-order valence-corrected chi connectivity index (χ0v) is 14.9. The Bertz CT molecular complexity index is 443. The summed E-state index contributed by atoms with van der Waals surface area (Å²) in [5.41, 5.74) is 6.44. The molecule has 0 radical (unpaired) electrons. The van der Waals surface area contributed by atoms with Crippen molar-refractivity contribution < 1.29 is 9.53 Å². The predicted octanol–water partition coefficient (Wildman–Crippen LogP) is 3.35. The van der Waals surface area contributed by atoms with E-state index in [1.807, 2.05) is 19.1 Å². The molecule has 1 unspecified atom stereocenters. The summed E-state index contributed by atoms with van der Waals surface area (Å²) < 4.78 is 7.29. The van der Waals surface area contributed by atoms with Crippen molar-refractivity contribution in [2.45, 2.75) is 39.3 Å². The first-order chi connectivity index (χ1) is 9.49. The number of primary amides is 1. The van der Waals surface area contributed by atoms with Crippen LogP contribution in [0, 0.1) is 0 Å². The lowest BCUT2D eigenvalue weighted by Gasteiger charge is -2.17. The first-order valence-corrected chi connectivity index (χ1v) is 8.22. The standard InChI is InChI=1S/C14H20Br2N2O2/c1-3-5-18-8-9-6-10(15)13(11(16)7-9)20-12(4-2)14(17)19/h6-7,12,18H,3-5,8H2,1-2H3,(H2,17,19). The Kier molecular flexibility index (Phi) is 7.55. The van der Waals surface area contributed by atoms with Gasteiger partial charge in [-0.1, -0.05) is 13.8 Å². The van der Waals surface area contributed by atoms with Crippen LogP contribution in [0.4, 0.5) is 0 Å². The molecule has 0 aromatic heterocycles. The second-order valence-electron chi connectivity index (χ2n) is 4.48. The first kappa shape index (κ1) is 17.5. The quantitative estimate of drug-likeness (QED) is 0.649. The molecule has 20 heavy (non-hydrogen) atoms. The third kappa shape index (κ3) is 5.07. The van der Waals surface area contributed by atoms with Gasteiger partial charge in [0.2, 0.25) is 0 Å². The fourth-order valence-electron chi connectivity index (χ4n) is 1.72. The lowest BCUT2D eigenvalue weighted by molar-refractivity contribution is -0.124. The molecule has 0 saturated heterocycles. The maximum Gasteiger partial charge on any atom is 0.258 e. The third-order valence-electron chi connectivity index (χ3n) is 2.76. The number of ether oxygens (including phenoxy) is 1. The highest BCUT2D eigenvalue weighted by Crippen LogP contribution is 2.35. The van der Waals surface area contributed by atoms with E-state index in [9.17, 15) is 4.79 Å². The molecular weight excluding hydrogens is 388 g/mol. The summed E-state index contributed by atoms with van der Waals surface area (Å²) in [4.78, 5) is 11.3. The Labute approximate surface area is 136 Å². The van der Waals surface area contributed by atoms with Gasteiger partial charge >= 0.3 is 0 Å². The van der Waals surface area contributed by atoms with Crippen molar-refractivity contribution in [2.24, 2.45) is 5.73 Å². The van der Waals surface area contributed by atoms with Crippen LogP contribution in [-0.4, -0.2) is 18.6 Å². The molecule has 4 nitrogen and oxygen atoms in total. The topological polar surface area (TPSA) is 64.3 Å². The molecule has 0 bridgehead atoms. The number of hydrogen-bond donors (Lipinski definition) is 2. The highest BCUT2D eigenvalue weighted by molar-refractivity contribution is 9.11. The molecule has 1 aromatic rings. The second-order valence-corrected chi connectivity index (χ2v) is 6.19. The van der Waals surface area contributed by atoms with Gasteiger partial charge in [-0.2, -0.15) is 0 Å². The number of amides is 1. The number of rotatable bonds is 8. The summed E-state index contributed by atoms with van der Waals surface area (Å²) in [7, 11) is 0. The van der Waals surface area contributed by atoms with Crippen LogP contribution in [0.15, 0.2) is 21.1 Å². The van der Waals surface area contributed by atoms with Crippen molar-refractivity contribution in [3.63, 3.8) is 0 Å². The summed E-state index contributed by atoms with van der Waals surface area (Å²) >= 11 is 6.96. The smallest absolute Gasteiger partial charge is 0.258 e. The monoisotopic (exact) mass is 406 g/mol. The lowest BCUT2D eigenvalue weighted by Crippen LogP contribution is -2.33. The van der Waals surface area contributed by atoms with E-state index >= 15 is 0 Å². The SMILES string of the molecule is CCCNCc1cc(Br)c(OC(CC)C(N)=O)c(Br)c1. The fourth-order valence-corrected chi connectivity index (χ4v) is 3.19. The van der Waals surface area contributed by atoms with E-state index in [-0.39, 0.29) is 0 Å². The van der Waals surface area contributed by atoms with Gasteiger partial charge in [-0.05, 0) is 68.9 Å². The molecule has 0 saturated carbocycles. The van der Waals surface area contributed by atoms with Gasteiger partial charge < -0.3 is 15.8 Å². The van der Waals surface area contributed by atoms with Gasteiger partial charge in [-0.25, -0.2) is 0 Å². The van der Waals surface area contributed by atoms with Crippen LogP contribution in [0.25, 0.3) is 0 Å². The highest BCUT2D eigenvalue weighted by atomic mass is 79.9. The van der Waals surface area contributed by atoms with Gasteiger partial charge in [0.25, 0.3) is 5.91 Å². The average Bonchev–Trinajstić information content (AvgIpc) is 2.38. The van der Waals surface area contributed by atoms with Gasteiger partial charge in [0.15, 0.2) is 6.10 Å². The fraction of sp³-hybridized carbons (Fsp3) is 0.500. The Balaban J connectivity index is 2.85. The van der Waals surface area contributed by atoms with Crippen LogP contribution < -0.4 is 15.8 Å². The van der Waals surface area contributed by atoms with Gasteiger partial charge in [0, 0.05) is 6.54 Å².